The Morgan fingerprint density at radius 2 is 1.47 bits per heavy atom. The molecule has 1 N–H and O–H groups in total. The minimum Gasteiger partial charge on any atom is -0.322 e. The van der Waals surface area contributed by atoms with Gasteiger partial charge in [0.15, 0.2) is 0 Å². The Balaban J connectivity index is 1.64. The van der Waals surface area contributed by atoms with Crippen molar-refractivity contribution < 1.29 is 39.6 Å². The third-order valence-electron chi connectivity index (χ3n) is 5.64. The molecule has 12 heteroatoms. The topological polar surface area (TPSA) is 66.5 Å². The third kappa shape index (κ3) is 4.90. The fourth-order valence-corrected chi connectivity index (χ4v) is 5.76. The van der Waals surface area contributed by atoms with Crippen LogP contribution in [0.1, 0.15) is 34.0 Å². The fourth-order valence-electron chi connectivity index (χ4n) is 4.05. The quantitative estimate of drug-likeness (QED) is 0.415. The van der Waals surface area contributed by atoms with E-state index in [2.05, 4.69) is 5.32 Å². The summed E-state index contributed by atoms with van der Waals surface area (Å²) in [6.07, 6.45) is -9.86. The maximum absolute atomic E-state index is 13.2. The predicted octanol–water partition coefficient (Wildman–Crippen LogP) is 6.12. The van der Waals surface area contributed by atoms with Gasteiger partial charge in [0.25, 0.3) is 15.9 Å². The van der Waals surface area contributed by atoms with Crippen molar-refractivity contribution in [2.75, 3.05) is 9.62 Å². The van der Waals surface area contributed by atoms with E-state index < -0.39 is 51.1 Å². The van der Waals surface area contributed by atoms with Crippen LogP contribution < -0.4 is 9.62 Å². The normalized spacial score (nSPS) is 16.1. The van der Waals surface area contributed by atoms with Crippen LogP contribution in [0.4, 0.5) is 37.7 Å². The number of nitrogens with one attached hydrogen (secondary N) is 1. The standard InChI is InChI=1S/C24H18F6N2O3S/c1-14-9-16-10-15(7-8-21(16)32(14)36(34,35)20-5-3-2-4-6-20)22(33)31-19-12-17(23(25,26)27)11-18(13-19)24(28,29)30/h2-8,10-14H,9H2,1H3,(H,31,33). The zero-order valence-electron chi connectivity index (χ0n) is 18.5. The molecule has 3 aromatic carbocycles. The molecule has 1 atom stereocenters. The lowest BCUT2D eigenvalue weighted by atomic mass is 10.1. The summed E-state index contributed by atoms with van der Waals surface area (Å²) in [5, 5.41) is 2.08. The zero-order valence-corrected chi connectivity index (χ0v) is 19.3. The van der Waals surface area contributed by atoms with Gasteiger partial charge in [0.1, 0.15) is 0 Å². The first-order valence-electron chi connectivity index (χ1n) is 10.5. The molecule has 0 aliphatic carbocycles. The number of carbonyl (C=O) groups excluding carboxylic acids is 1. The molecule has 1 aliphatic rings. The molecular weight excluding hydrogens is 510 g/mol. The van der Waals surface area contributed by atoms with Gasteiger partial charge >= 0.3 is 12.4 Å². The van der Waals surface area contributed by atoms with Crippen molar-refractivity contribution in [2.24, 2.45) is 0 Å². The van der Waals surface area contributed by atoms with Crippen molar-refractivity contribution in [3.05, 3.63) is 89.0 Å². The van der Waals surface area contributed by atoms with Crippen LogP contribution >= 0.6 is 0 Å². The number of hydrogen-bond donors (Lipinski definition) is 1. The highest BCUT2D eigenvalue weighted by Gasteiger charge is 2.38. The number of hydrogen-bond acceptors (Lipinski definition) is 3. The summed E-state index contributed by atoms with van der Waals surface area (Å²) in [5.74, 6) is -0.942. The van der Waals surface area contributed by atoms with E-state index in [0.29, 0.717) is 23.4 Å². The highest BCUT2D eigenvalue weighted by Crippen LogP contribution is 2.39. The molecule has 36 heavy (non-hydrogen) atoms. The second-order valence-electron chi connectivity index (χ2n) is 8.26. The Morgan fingerprint density at radius 3 is 2.03 bits per heavy atom. The molecule has 3 aromatic rings. The van der Waals surface area contributed by atoms with Gasteiger partial charge in [-0.25, -0.2) is 8.42 Å². The highest BCUT2D eigenvalue weighted by atomic mass is 32.2. The Bertz CT molecular complexity index is 1390. The summed E-state index contributed by atoms with van der Waals surface area (Å²) in [5.41, 5.74) is -3.01. The van der Waals surface area contributed by atoms with Crippen molar-refractivity contribution in [3.8, 4) is 0 Å². The Morgan fingerprint density at radius 1 is 0.889 bits per heavy atom. The second-order valence-corrected chi connectivity index (χ2v) is 10.1. The molecule has 0 fully saturated rings. The average Bonchev–Trinajstić information content (AvgIpc) is 3.13. The first-order valence-corrected chi connectivity index (χ1v) is 11.9. The predicted molar refractivity (Wildman–Crippen MR) is 120 cm³/mol. The molecular formula is C24H18F6N2O3S. The largest absolute Gasteiger partial charge is 0.416 e. The summed E-state index contributed by atoms with van der Waals surface area (Å²) in [6.45, 7) is 1.68. The van der Waals surface area contributed by atoms with Crippen LogP contribution in [-0.2, 0) is 28.8 Å². The maximum atomic E-state index is 13.2. The Labute approximate surface area is 202 Å². The Kier molecular flexibility index (Phi) is 6.27. The lowest BCUT2D eigenvalue weighted by molar-refractivity contribution is -0.143. The van der Waals surface area contributed by atoms with E-state index in [-0.39, 0.29) is 22.9 Å². The van der Waals surface area contributed by atoms with Crippen LogP contribution in [0.5, 0.6) is 0 Å². The molecule has 0 bridgehead atoms. The smallest absolute Gasteiger partial charge is 0.322 e. The molecule has 1 heterocycles. The van der Waals surface area contributed by atoms with E-state index in [1.54, 1.807) is 25.1 Å². The minimum atomic E-state index is -5.06. The van der Waals surface area contributed by atoms with Crippen molar-refractivity contribution in [3.63, 3.8) is 0 Å². The van der Waals surface area contributed by atoms with Crippen LogP contribution in [0.2, 0.25) is 0 Å². The van der Waals surface area contributed by atoms with E-state index in [1.807, 2.05) is 0 Å². The van der Waals surface area contributed by atoms with Gasteiger partial charge in [0, 0.05) is 17.3 Å². The highest BCUT2D eigenvalue weighted by molar-refractivity contribution is 7.92. The SMILES string of the molecule is CC1Cc2cc(C(=O)Nc3cc(C(F)(F)F)cc(C(F)(F)F)c3)ccc2N1S(=O)(=O)c1ccccc1. The molecule has 0 saturated heterocycles. The minimum absolute atomic E-state index is 0.0335. The zero-order chi connectivity index (χ0) is 26.5. The van der Waals surface area contributed by atoms with Gasteiger partial charge < -0.3 is 5.32 Å². The number of nitrogens with zero attached hydrogens (tertiary/aromatic N) is 1. The number of carbonyl (C=O) groups is 1. The van der Waals surface area contributed by atoms with E-state index in [0.717, 1.165) is 0 Å². The molecule has 1 amide bonds. The van der Waals surface area contributed by atoms with Crippen molar-refractivity contribution >= 4 is 27.3 Å². The molecule has 0 aromatic heterocycles. The van der Waals surface area contributed by atoms with E-state index in [4.69, 9.17) is 0 Å². The number of benzene rings is 3. The first-order chi connectivity index (χ1) is 16.7. The van der Waals surface area contributed by atoms with Gasteiger partial charge in [0.2, 0.25) is 0 Å². The number of fused-ring (bicyclic) bond motifs is 1. The van der Waals surface area contributed by atoms with Gasteiger partial charge in [-0.15, -0.1) is 0 Å². The maximum Gasteiger partial charge on any atom is 0.416 e. The van der Waals surface area contributed by atoms with Gasteiger partial charge in [0.05, 0.1) is 21.7 Å². The lowest BCUT2D eigenvalue weighted by Gasteiger charge is -2.24. The molecule has 5 nitrogen and oxygen atoms in total. The summed E-state index contributed by atoms with van der Waals surface area (Å²) in [4.78, 5) is 12.8. The third-order valence-corrected chi connectivity index (χ3v) is 7.58. The second kappa shape index (κ2) is 8.84. The molecule has 190 valence electrons. The van der Waals surface area contributed by atoms with E-state index in [9.17, 15) is 39.6 Å². The monoisotopic (exact) mass is 528 g/mol. The first kappa shape index (κ1) is 25.5. The molecule has 0 radical (unpaired) electrons. The lowest BCUT2D eigenvalue weighted by Crippen LogP contribution is -2.35. The van der Waals surface area contributed by atoms with E-state index in [1.165, 1.54) is 34.6 Å². The van der Waals surface area contributed by atoms with E-state index >= 15 is 0 Å². The number of rotatable bonds is 4. The summed E-state index contributed by atoms with van der Waals surface area (Å²) in [7, 11) is -3.90. The van der Waals surface area contributed by atoms with Crippen LogP contribution in [0.3, 0.4) is 0 Å². The summed E-state index contributed by atoms with van der Waals surface area (Å²) in [6, 6.07) is 12.1. The van der Waals surface area contributed by atoms with Crippen LogP contribution in [0, 0.1) is 0 Å². The molecule has 0 saturated carbocycles. The molecule has 1 unspecified atom stereocenters. The summed E-state index contributed by atoms with van der Waals surface area (Å²) >= 11 is 0. The Hall–Kier alpha value is -3.54. The fraction of sp³-hybridized carbons (Fsp3) is 0.208. The van der Waals surface area contributed by atoms with Crippen molar-refractivity contribution in [1.29, 1.82) is 0 Å². The average molecular weight is 528 g/mol. The van der Waals surface area contributed by atoms with Crippen molar-refractivity contribution in [2.45, 2.75) is 36.6 Å². The van der Waals surface area contributed by atoms with Crippen molar-refractivity contribution in [1.82, 2.24) is 0 Å². The summed E-state index contributed by atoms with van der Waals surface area (Å²) < 4.78 is 106. The number of anilines is 2. The molecule has 0 spiro atoms. The van der Waals surface area contributed by atoms with Gasteiger partial charge in [-0.1, -0.05) is 18.2 Å². The van der Waals surface area contributed by atoms with Crippen LogP contribution in [0.15, 0.2) is 71.6 Å². The molecule has 4 rings (SSSR count). The molecule has 1 aliphatic heterocycles. The number of halogens is 6. The van der Waals surface area contributed by atoms with Crippen LogP contribution in [-0.4, -0.2) is 20.4 Å². The van der Waals surface area contributed by atoms with Gasteiger partial charge in [-0.05, 0) is 67.4 Å². The number of amides is 1. The van der Waals surface area contributed by atoms with Crippen LogP contribution in [0.25, 0.3) is 0 Å². The van der Waals surface area contributed by atoms with Gasteiger partial charge in [-0.3, -0.25) is 9.10 Å². The number of alkyl halides is 6. The number of sulfonamides is 1. The van der Waals surface area contributed by atoms with Gasteiger partial charge in [-0.2, -0.15) is 26.3 Å².